The fraction of sp³-hybridized carbons (Fsp3) is 0.750. The number of aliphatic hydroxyl groups is 1. The molecule has 1 amide bonds. The fourth-order valence-electron chi connectivity index (χ4n) is 3.61. The topological polar surface area (TPSA) is 107 Å². The highest BCUT2D eigenvalue weighted by atomic mass is 33.1. The van der Waals surface area contributed by atoms with Crippen molar-refractivity contribution < 1.29 is 28.9 Å². The molecule has 3 unspecified atom stereocenters. The maximum atomic E-state index is 12.6. The molecule has 1 aromatic rings. The van der Waals surface area contributed by atoms with Crippen LogP contribution in [-0.4, -0.2) is 65.5 Å². The van der Waals surface area contributed by atoms with E-state index in [4.69, 9.17) is 14.2 Å². The molecule has 1 heterocycles. The molecule has 0 saturated carbocycles. The lowest BCUT2D eigenvalue weighted by molar-refractivity contribution is -0.241. The fourth-order valence-corrected chi connectivity index (χ4v) is 5.39. The first kappa shape index (κ1) is 34.7. The van der Waals surface area contributed by atoms with Gasteiger partial charge in [-0.3, -0.25) is 9.59 Å². The summed E-state index contributed by atoms with van der Waals surface area (Å²) >= 11 is 0. The molecule has 38 heavy (non-hydrogen) atoms. The molecule has 0 spiro atoms. The molecule has 0 radical (unpaired) electrons. The molecule has 0 bridgehead atoms. The third-order valence-electron chi connectivity index (χ3n) is 5.36. The van der Waals surface area contributed by atoms with Crippen LogP contribution in [0.25, 0.3) is 0 Å². The number of pyridine rings is 1. The third-order valence-corrected chi connectivity index (χ3v) is 7.62. The van der Waals surface area contributed by atoms with Crippen LogP contribution in [0.15, 0.2) is 29.4 Å². The van der Waals surface area contributed by atoms with E-state index in [0.29, 0.717) is 25.8 Å². The van der Waals surface area contributed by atoms with E-state index < -0.39 is 18.0 Å². The van der Waals surface area contributed by atoms with Gasteiger partial charge in [-0.2, -0.15) is 0 Å². The first-order valence-corrected chi connectivity index (χ1v) is 15.7. The molecular formula is C28H48N2O6S2. The van der Waals surface area contributed by atoms with Gasteiger partial charge in [0.1, 0.15) is 11.6 Å². The zero-order chi connectivity index (χ0) is 28.6. The number of ether oxygens (including phenoxy) is 3. The second-order valence-corrected chi connectivity index (χ2v) is 13.9. The Morgan fingerprint density at radius 2 is 1.89 bits per heavy atom. The highest BCUT2D eigenvalue weighted by Crippen LogP contribution is 2.28. The van der Waals surface area contributed by atoms with Crippen LogP contribution in [0.3, 0.4) is 0 Å². The molecule has 0 aromatic carbocycles. The summed E-state index contributed by atoms with van der Waals surface area (Å²) in [7, 11) is 3.24. The van der Waals surface area contributed by atoms with Gasteiger partial charge >= 0.3 is 5.97 Å². The molecule has 8 nitrogen and oxygen atoms in total. The zero-order valence-electron chi connectivity index (χ0n) is 24.2. The van der Waals surface area contributed by atoms with Gasteiger partial charge in [-0.15, -0.1) is 0 Å². The minimum absolute atomic E-state index is 0.0128. The van der Waals surface area contributed by atoms with Crippen molar-refractivity contribution in [1.82, 2.24) is 10.3 Å². The number of esters is 1. The Kier molecular flexibility index (Phi) is 16.5. The summed E-state index contributed by atoms with van der Waals surface area (Å²) in [6, 6.07) is 5.78. The lowest BCUT2D eigenvalue weighted by Crippen LogP contribution is -2.38. The summed E-state index contributed by atoms with van der Waals surface area (Å²) in [4.78, 5) is 29.1. The SMILES string of the molecule is CCC(CCC(=O)NCCSSc1ccccn1)CC(=O)OCC(OC(CO)CC(C)(C)C)OC(C)(C)C. The third kappa shape index (κ3) is 18.0. The van der Waals surface area contributed by atoms with E-state index in [1.807, 2.05) is 45.9 Å². The largest absolute Gasteiger partial charge is 0.460 e. The molecule has 0 fully saturated rings. The lowest BCUT2D eigenvalue weighted by Gasteiger charge is -2.32. The highest BCUT2D eigenvalue weighted by molar-refractivity contribution is 8.76. The molecule has 1 aromatic heterocycles. The van der Waals surface area contributed by atoms with Crippen LogP contribution in [0.2, 0.25) is 0 Å². The quantitative estimate of drug-likeness (QED) is 0.100. The van der Waals surface area contributed by atoms with Crippen molar-refractivity contribution in [3.8, 4) is 0 Å². The molecule has 0 aliphatic rings. The van der Waals surface area contributed by atoms with Gasteiger partial charge in [0.15, 0.2) is 6.29 Å². The van der Waals surface area contributed by atoms with Crippen LogP contribution in [0.5, 0.6) is 0 Å². The van der Waals surface area contributed by atoms with Gasteiger partial charge in [0.2, 0.25) is 5.91 Å². The number of aromatic nitrogens is 1. The maximum Gasteiger partial charge on any atom is 0.306 e. The predicted octanol–water partition coefficient (Wildman–Crippen LogP) is 5.63. The smallest absolute Gasteiger partial charge is 0.306 e. The van der Waals surface area contributed by atoms with Crippen molar-refractivity contribution in [2.45, 2.75) is 104 Å². The van der Waals surface area contributed by atoms with Gasteiger partial charge in [0, 0.05) is 31.3 Å². The Labute approximate surface area is 237 Å². The van der Waals surface area contributed by atoms with Gasteiger partial charge < -0.3 is 24.6 Å². The molecule has 2 N–H and O–H groups in total. The predicted molar refractivity (Wildman–Crippen MR) is 155 cm³/mol. The lowest BCUT2D eigenvalue weighted by atomic mass is 9.89. The number of hydrogen-bond donors (Lipinski definition) is 2. The van der Waals surface area contributed by atoms with Crippen LogP contribution in [0.4, 0.5) is 0 Å². The maximum absolute atomic E-state index is 12.6. The number of amides is 1. The molecule has 1 rings (SSSR count). The summed E-state index contributed by atoms with van der Waals surface area (Å²) in [6.07, 6.45) is 3.19. The second-order valence-electron chi connectivity index (χ2n) is 11.5. The molecule has 0 saturated heterocycles. The summed E-state index contributed by atoms with van der Waals surface area (Å²) < 4.78 is 17.5. The molecule has 0 aliphatic heterocycles. The Balaban J connectivity index is 2.40. The average Bonchev–Trinajstić information content (AvgIpc) is 2.83. The molecule has 0 aliphatic carbocycles. The normalized spacial score (nSPS) is 14.5. The number of rotatable bonds is 18. The van der Waals surface area contributed by atoms with Crippen molar-refractivity contribution in [2.24, 2.45) is 11.3 Å². The van der Waals surface area contributed by atoms with E-state index in [0.717, 1.165) is 17.2 Å². The Bertz CT molecular complexity index is 799. The van der Waals surface area contributed by atoms with Crippen molar-refractivity contribution in [1.29, 1.82) is 0 Å². The number of nitrogens with one attached hydrogen (secondary N) is 1. The minimum Gasteiger partial charge on any atom is -0.460 e. The number of aliphatic hydroxyl groups excluding tert-OH is 1. The second kappa shape index (κ2) is 18.1. The van der Waals surface area contributed by atoms with E-state index >= 15 is 0 Å². The number of hydrogen-bond acceptors (Lipinski definition) is 9. The van der Waals surface area contributed by atoms with Gasteiger partial charge in [0.05, 0.1) is 18.3 Å². The molecule has 3 atom stereocenters. The number of carbonyl (C=O) groups excluding carboxylic acids is 2. The van der Waals surface area contributed by atoms with Crippen LogP contribution in [0, 0.1) is 11.3 Å². The van der Waals surface area contributed by atoms with E-state index in [-0.39, 0.29) is 42.8 Å². The van der Waals surface area contributed by atoms with Gasteiger partial charge in [-0.25, -0.2) is 4.98 Å². The van der Waals surface area contributed by atoms with E-state index in [9.17, 15) is 14.7 Å². The van der Waals surface area contributed by atoms with E-state index in [1.54, 1.807) is 27.8 Å². The van der Waals surface area contributed by atoms with Crippen LogP contribution < -0.4 is 5.32 Å². The van der Waals surface area contributed by atoms with E-state index in [1.165, 1.54) is 0 Å². The molecular weight excluding hydrogens is 524 g/mol. The monoisotopic (exact) mass is 572 g/mol. The Morgan fingerprint density at radius 1 is 1.16 bits per heavy atom. The Morgan fingerprint density at radius 3 is 2.47 bits per heavy atom. The standard InChI is InChI=1S/C28H48N2O6S2/c1-8-21(12-13-23(32)29-15-16-37-38-24-11-9-10-14-30-24)17-25(33)34-20-26(36-28(5,6)7)35-22(19-31)18-27(2,3)4/h9-11,14,21-22,26,31H,8,12-13,15-20H2,1-7H3,(H,29,32). The Hall–Kier alpha value is -1.33. The summed E-state index contributed by atoms with van der Waals surface area (Å²) in [5.41, 5.74) is -0.539. The zero-order valence-corrected chi connectivity index (χ0v) is 25.8. The van der Waals surface area contributed by atoms with Crippen LogP contribution >= 0.6 is 21.6 Å². The van der Waals surface area contributed by atoms with Crippen LogP contribution in [-0.2, 0) is 23.8 Å². The summed E-state index contributed by atoms with van der Waals surface area (Å²) in [5.74, 6) is 0.476. The summed E-state index contributed by atoms with van der Waals surface area (Å²) in [6.45, 7) is 14.3. The van der Waals surface area contributed by atoms with Crippen molar-refractivity contribution in [2.75, 3.05) is 25.5 Å². The molecule has 10 heteroatoms. The average molecular weight is 573 g/mol. The van der Waals surface area contributed by atoms with Crippen LogP contribution in [0.1, 0.15) is 80.6 Å². The van der Waals surface area contributed by atoms with Crippen molar-refractivity contribution in [3.05, 3.63) is 24.4 Å². The first-order chi connectivity index (χ1) is 17.8. The van der Waals surface area contributed by atoms with Gasteiger partial charge in [-0.1, -0.05) is 51.0 Å². The van der Waals surface area contributed by atoms with Gasteiger partial charge in [0.25, 0.3) is 0 Å². The number of nitrogens with zero attached hydrogens (tertiary/aromatic N) is 1. The highest BCUT2D eigenvalue weighted by Gasteiger charge is 2.27. The van der Waals surface area contributed by atoms with Crippen molar-refractivity contribution >= 4 is 33.5 Å². The van der Waals surface area contributed by atoms with E-state index in [2.05, 4.69) is 31.1 Å². The molecule has 218 valence electrons. The first-order valence-electron chi connectivity index (χ1n) is 13.4. The van der Waals surface area contributed by atoms with Crippen molar-refractivity contribution in [3.63, 3.8) is 0 Å². The minimum atomic E-state index is -0.780. The number of carbonyl (C=O) groups is 2. The summed E-state index contributed by atoms with van der Waals surface area (Å²) in [5, 5.41) is 13.7. The van der Waals surface area contributed by atoms with Gasteiger partial charge in [-0.05, 0) is 67.9 Å².